The van der Waals surface area contributed by atoms with E-state index in [2.05, 4.69) is 32.3 Å². The normalized spacial score (nSPS) is 20.9. The Hall–Kier alpha value is -1.14. The molecule has 1 aliphatic rings. The average Bonchev–Trinajstić information content (AvgIpc) is 2.65. The number of nitrogens with zero attached hydrogens (tertiary/aromatic N) is 3. The summed E-state index contributed by atoms with van der Waals surface area (Å²) in [5.74, 6) is 1.17. The fourth-order valence-corrected chi connectivity index (χ4v) is 1.72. The van der Waals surface area contributed by atoms with Crippen LogP contribution in [-0.4, -0.2) is 46.3 Å². The SMILES string of the molecule is CC(c1nc(N)n[nH]1)N1CCNCC1. The molecule has 1 aliphatic heterocycles. The smallest absolute Gasteiger partial charge is 0.239 e. The van der Waals surface area contributed by atoms with Crippen molar-refractivity contribution in [3.05, 3.63) is 5.82 Å². The Bertz CT molecular complexity index is 290. The van der Waals surface area contributed by atoms with Crippen molar-refractivity contribution in [2.24, 2.45) is 0 Å². The number of nitrogens with two attached hydrogens (primary N) is 1. The van der Waals surface area contributed by atoms with E-state index in [4.69, 9.17) is 5.73 Å². The largest absolute Gasteiger partial charge is 0.367 e. The zero-order valence-electron chi connectivity index (χ0n) is 8.32. The summed E-state index contributed by atoms with van der Waals surface area (Å²) in [4.78, 5) is 6.49. The van der Waals surface area contributed by atoms with Crippen LogP contribution >= 0.6 is 0 Å². The lowest BCUT2D eigenvalue weighted by atomic mass is 10.2. The summed E-state index contributed by atoms with van der Waals surface area (Å²) in [7, 11) is 0. The minimum atomic E-state index is 0.266. The molecule has 2 rings (SSSR count). The Labute approximate surface area is 82.9 Å². The Morgan fingerprint density at radius 1 is 1.43 bits per heavy atom. The first-order chi connectivity index (χ1) is 6.77. The molecule has 1 atom stereocenters. The second kappa shape index (κ2) is 3.93. The minimum absolute atomic E-state index is 0.266. The maximum Gasteiger partial charge on any atom is 0.239 e. The summed E-state index contributed by atoms with van der Waals surface area (Å²) in [6.45, 7) is 6.27. The van der Waals surface area contributed by atoms with Crippen LogP contribution in [0.4, 0.5) is 5.95 Å². The second-order valence-corrected chi connectivity index (χ2v) is 3.54. The lowest BCUT2D eigenvalue weighted by molar-refractivity contribution is 0.179. The highest BCUT2D eigenvalue weighted by Gasteiger charge is 2.20. The van der Waals surface area contributed by atoms with E-state index in [9.17, 15) is 0 Å². The van der Waals surface area contributed by atoms with Crippen LogP contribution < -0.4 is 11.1 Å². The standard InChI is InChI=1S/C8H16N6/c1-6(7-11-8(9)13-12-7)14-4-2-10-3-5-14/h6,10H,2-5H2,1H3,(H3,9,11,12,13). The molecule has 6 heteroatoms. The monoisotopic (exact) mass is 196 g/mol. The third-order valence-electron chi connectivity index (χ3n) is 2.62. The number of hydrogen-bond acceptors (Lipinski definition) is 5. The van der Waals surface area contributed by atoms with Gasteiger partial charge in [0.25, 0.3) is 0 Å². The summed E-state index contributed by atoms with van der Waals surface area (Å²) in [6, 6.07) is 0.266. The van der Waals surface area contributed by atoms with Gasteiger partial charge in [-0.3, -0.25) is 10.00 Å². The van der Waals surface area contributed by atoms with E-state index in [0.717, 1.165) is 32.0 Å². The molecule has 14 heavy (non-hydrogen) atoms. The van der Waals surface area contributed by atoms with Crippen molar-refractivity contribution in [3.8, 4) is 0 Å². The van der Waals surface area contributed by atoms with Crippen molar-refractivity contribution >= 4 is 5.95 Å². The van der Waals surface area contributed by atoms with Gasteiger partial charge in [0.2, 0.25) is 5.95 Å². The van der Waals surface area contributed by atoms with Gasteiger partial charge in [0, 0.05) is 26.2 Å². The van der Waals surface area contributed by atoms with E-state index in [1.807, 2.05) is 0 Å². The van der Waals surface area contributed by atoms with E-state index in [-0.39, 0.29) is 6.04 Å². The predicted molar refractivity (Wildman–Crippen MR) is 53.7 cm³/mol. The van der Waals surface area contributed by atoms with Crippen LogP contribution in [0.3, 0.4) is 0 Å². The van der Waals surface area contributed by atoms with Crippen LogP contribution in [0.25, 0.3) is 0 Å². The number of piperazine rings is 1. The molecular formula is C8H16N6. The number of rotatable bonds is 2. The topological polar surface area (TPSA) is 82.9 Å². The Kier molecular flexibility index (Phi) is 2.64. The quantitative estimate of drug-likeness (QED) is 0.585. The van der Waals surface area contributed by atoms with Crippen LogP contribution in [0.1, 0.15) is 18.8 Å². The Morgan fingerprint density at radius 3 is 2.71 bits per heavy atom. The fraction of sp³-hybridized carbons (Fsp3) is 0.750. The molecule has 4 N–H and O–H groups in total. The molecule has 1 unspecified atom stereocenters. The number of anilines is 1. The van der Waals surface area contributed by atoms with Gasteiger partial charge in [0.05, 0.1) is 6.04 Å². The molecule has 6 nitrogen and oxygen atoms in total. The number of hydrogen-bond donors (Lipinski definition) is 3. The van der Waals surface area contributed by atoms with Crippen LogP contribution in [0.15, 0.2) is 0 Å². The minimum Gasteiger partial charge on any atom is -0.367 e. The lowest BCUT2D eigenvalue weighted by Gasteiger charge is -2.31. The zero-order valence-corrected chi connectivity index (χ0v) is 8.32. The molecule has 0 radical (unpaired) electrons. The van der Waals surface area contributed by atoms with Crippen LogP contribution in [0.2, 0.25) is 0 Å². The summed E-state index contributed by atoms with van der Waals surface area (Å²) in [5.41, 5.74) is 5.46. The van der Waals surface area contributed by atoms with Gasteiger partial charge in [-0.2, -0.15) is 4.98 Å². The first-order valence-corrected chi connectivity index (χ1v) is 4.90. The highest BCUT2D eigenvalue weighted by molar-refractivity contribution is 5.14. The van der Waals surface area contributed by atoms with Gasteiger partial charge in [0.15, 0.2) is 0 Å². The first-order valence-electron chi connectivity index (χ1n) is 4.90. The summed E-state index contributed by atoms with van der Waals surface area (Å²) < 4.78 is 0. The molecule has 0 saturated carbocycles. The van der Waals surface area contributed by atoms with Crippen molar-refractivity contribution in [2.75, 3.05) is 31.9 Å². The third kappa shape index (κ3) is 1.85. The van der Waals surface area contributed by atoms with Gasteiger partial charge in [0.1, 0.15) is 5.82 Å². The van der Waals surface area contributed by atoms with E-state index in [1.165, 1.54) is 0 Å². The zero-order chi connectivity index (χ0) is 9.97. The molecule has 0 aliphatic carbocycles. The van der Waals surface area contributed by atoms with E-state index >= 15 is 0 Å². The van der Waals surface area contributed by atoms with Gasteiger partial charge in [-0.1, -0.05) is 0 Å². The maximum atomic E-state index is 5.46. The molecular weight excluding hydrogens is 180 g/mol. The maximum absolute atomic E-state index is 5.46. The Balaban J connectivity index is 2.03. The molecule has 1 aromatic rings. The third-order valence-corrected chi connectivity index (χ3v) is 2.62. The van der Waals surface area contributed by atoms with Crippen molar-refractivity contribution in [2.45, 2.75) is 13.0 Å². The molecule has 2 heterocycles. The number of nitrogen functional groups attached to an aromatic ring is 1. The van der Waals surface area contributed by atoms with Crippen LogP contribution in [0.5, 0.6) is 0 Å². The summed E-state index contributed by atoms with van der Waals surface area (Å²) >= 11 is 0. The van der Waals surface area contributed by atoms with E-state index in [0.29, 0.717) is 5.95 Å². The highest BCUT2D eigenvalue weighted by Crippen LogP contribution is 2.16. The molecule has 1 saturated heterocycles. The van der Waals surface area contributed by atoms with Crippen molar-refractivity contribution in [1.82, 2.24) is 25.4 Å². The molecule has 78 valence electrons. The number of aromatic nitrogens is 3. The van der Waals surface area contributed by atoms with Crippen LogP contribution in [-0.2, 0) is 0 Å². The van der Waals surface area contributed by atoms with Crippen molar-refractivity contribution in [3.63, 3.8) is 0 Å². The Morgan fingerprint density at radius 2 is 2.14 bits per heavy atom. The van der Waals surface area contributed by atoms with Gasteiger partial charge >= 0.3 is 0 Å². The van der Waals surface area contributed by atoms with Gasteiger partial charge < -0.3 is 11.1 Å². The number of aromatic amines is 1. The summed E-state index contributed by atoms with van der Waals surface area (Å²) in [6.07, 6.45) is 0. The average molecular weight is 196 g/mol. The van der Waals surface area contributed by atoms with Crippen molar-refractivity contribution < 1.29 is 0 Å². The second-order valence-electron chi connectivity index (χ2n) is 3.54. The lowest BCUT2D eigenvalue weighted by Crippen LogP contribution is -2.44. The highest BCUT2D eigenvalue weighted by atomic mass is 15.3. The van der Waals surface area contributed by atoms with Gasteiger partial charge in [-0.15, -0.1) is 5.10 Å². The molecule has 0 aromatic carbocycles. The summed E-state index contributed by atoms with van der Waals surface area (Å²) in [5, 5.41) is 10.00. The predicted octanol–water partition coefficient (Wildman–Crippen LogP) is -0.647. The van der Waals surface area contributed by atoms with Crippen LogP contribution in [0, 0.1) is 0 Å². The van der Waals surface area contributed by atoms with Gasteiger partial charge in [-0.25, -0.2) is 0 Å². The molecule has 0 bridgehead atoms. The molecule has 1 fully saturated rings. The fourth-order valence-electron chi connectivity index (χ4n) is 1.72. The number of nitrogens with one attached hydrogen (secondary N) is 2. The van der Waals surface area contributed by atoms with Gasteiger partial charge in [-0.05, 0) is 6.92 Å². The molecule has 0 amide bonds. The number of H-pyrrole nitrogens is 1. The van der Waals surface area contributed by atoms with E-state index in [1.54, 1.807) is 0 Å². The molecule has 0 spiro atoms. The van der Waals surface area contributed by atoms with E-state index < -0.39 is 0 Å². The first kappa shape index (κ1) is 9.42. The van der Waals surface area contributed by atoms with Crippen molar-refractivity contribution in [1.29, 1.82) is 0 Å². The molecule has 1 aromatic heterocycles.